The van der Waals surface area contributed by atoms with Crippen molar-refractivity contribution in [2.24, 2.45) is 12.1 Å². The van der Waals surface area contributed by atoms with E-state index in [9.17, 15) is 9.59 Å². The molecule has 2 heterocycles. The zero-order chi connectivity index (χ0) is 17.1. The van der Waals surface area contributed by atoms with Gasteiger partial charge in [-0.25, -0.2) is 10.1 Å². The second-order valence-corrected chi connectivity index (χ2v) is 5.26. The summed E-state index contributed by atoms with van der Waals surface area (Å²) >= 11 is 0. The normalized spacial score (nSPS) is 11.2. The standard InChI is InChI=1S/C17H17N5O2/c1-3-22-17(24)14-9-5-4-8-13(14)15(20-22)16(23)19-18-11-12-7-6-10-21(12)2/h4-11H,3H2,1-2H3,(H,19,23)/b18-11+. The molecule has 0 spiro atoms. The number of amides is 1. The van der Waals surface area contributed by atoms with Gasteiger partial charge in [-0.2, -0.15) is 10.2 Å². The molecule has 0 saturated carbocycles. The lowest BCUT2D eigenvalue weighted by molar-refractivity contribution is 0.0949. The smallest absolute Gasteiger partial charge is 0.292 e. The summed E-state index contributed by atoms with van der Waals surface area (Å²) in [6, 6.07) is 10.7. The van der Waals surface area contributed by atoms with Crippen molar-refractivity contribution in [3.05, 3.63) is 64.3 Å². The van der Waals surface area contributed by atoms with Crippen LogP contribution in [-0.4, -0.2) is 26.5 Å². The van der Waals surface area contributed by atoms with Crippen molar-refractivity contribution in [2.45, 2.75) is 13.5 Å². The van der Waals surface area contributed by atoms with Crippen LogP contribution in [0.15, 0.2) is 52.5 Å². The van der Waals surface area contributed by atoms with E-state index in [2.05, 4.69) is 15.6 Å². The van der Waals surface area contributed by atoms with Gasteiger partial charge in [0.05, 0.1) is 17.3 Å². The molecule has 7 nitrogen and oxygen atoms in total. The topological polar surface area (TPSA) is 81.3 Å². The molecule has 0 saturated heterocycles. The van der Waals surface area contributed by atoms with Crippen LogP contribution < -0.4 is 11.0 Å². The number of nitrogens with one attached hydrogen (secondary N) is 1. The maximum absolute atomic E-state index is 12.4. The predicted molar refractivity (Wildman–Crippen MR) is 92.2 cm³/mol. The molecule has 0 atom stereocenters. The van der Waals surface area contributed by atoms with Crippen molar-refractivity contribution in [1.82, 2.24) is 19.8 Å². The molecule has 24 heavy (non-hydrogen) atoms. The Morgan fingerprint density at radius 1 is 1.25 bits per heavy atom. The van der Waals surface area contributed by atoms with Gasteiger partial charge in [0.2, 0.25) is 0 Å². The molecule has 0 fully saturated rings. The summed E-state index contributed by atoms with van der Waals surface area (Å²) < 4.78 is 3.15. The fourth-order valence-corrected chi connectivity index (χ4v) is 2.44. The molecule has 3 rings (SSSR count). The number of benzene rings is 1. The molecule has 1 aromatic carbocycles. The Kier molecular flexibility index (Phi) is 4.24. The van der Waals surface area contributed by atoms with Crippen LogP contribution in [0.2, 0.25) is 0 Å². The van der Waals surface area contributed by atoms with Crippen molar-refractivity contribution in [1.29, 1.82) is 0 Å². The number of fused-ring (bicyclic) bond motifs is 1. The molecule has 3 aromatic rings. The summed E-state index contributed by atoms with van der Waals surface area (Å²) in [5.74, 6) is -0.459. The quantitative estimate of drug-likeness (QED) is 0.584. The molecule has 7 heteroatoms. The number of rotatable bonds is 4. The van der Waals surface area contributed by atoms with E-state index >= 15 is 0 Å². The summed E-state index contributed by atoms with van der Waals surface area (Å²) in [6.07, 6.45) is 3.44. The van der Waals surface area contributed by atoms with Gasteiger partial charge in [0.15, 0.2) is 5.69 Å². The summed E-state index contributed by atoms with van der Waals surface area (Å²) in [7, 11) is 1.88. The zero-order valence-corrected chi connectivity index (χ0v) is 13.4. The average Bonchev–Trinajstić information content (AvgIpc) is 3.00. The minimum atomic E-state index is -0.459. The first kappa shape index (κ1) is 15.7. The number of hydrogen-bond donors (Lipinski definition) is 1. The van der Waals surface area contributed by atoms with Crippen molar-refractivity contribution in [3.63, 3.8) is 0 Å². The highest BCUT2D eigenvalue weighted by Crippen LogP contribution is 2.13. The second kappa shape index (κ2) is 6.49. The molecule has 0 bridgehead atoms. The van der Waals surface area contributed by atoms with Crippen molar-refractivity contribution in [2.75, 3.05) is 0 Å². The van der Waals surface area contributed by atoms with Gasteiger partial charge in [-0.3, -0.25) is 9.59 Å². The Bertz CT molecular complexity index is 984. The third kappa shape index (κ3) is 2.83. The summed E-state index contributed by atoms with van der Waals surface area (Å²) in [5.41, 5.74) is 3.29. The number of aryl methyl sites for hydroxylation is 2. The second-order valence-electron chi connectivity index (χ2n) is 5.26. The minimum absolute atomic E-state index is 0.177. The number of carbonyl (C=O) groups excluding carboxylic acids is 1. The van der Waals surface area contributed by atoms with Gasteiger partial charge in [0.1, 0.15) is 0 Å². The molecule has 0 unspecified atom stereocenters. The lowest BCUT2D eigenvalue weighted by Crippen LogP contribution is -2.28. The van der Waals surface area contributed by atoms with Gasteiger partial charge in [0.25, 0.3) is 11.5 Å². The molecule has 2 aromatic heterocycles. The maximum atomic E-state index is 12.4. The van der Waals surface area contributed by atoms with E-state index in [1.807, 2.05) is 29.9 Å². The Morgan fingerprint density at radius 2 is 2.00 bits per heavy atom. The van der Waals surface area contributed by atoms with E-state index in [1.54, 1.807) is 37.4 Å². The van der Waals surface area contributed by atoms with E-state index in [0.717, 1.165) is 5.69 Å². The zero-order valence-electron chi connectivity index (χ0n) is 13.4. The van der Waals surface area contributed by atoms with Crippen LogP contribution in [0.5, 0.6) is 0 Å². The van der Waals surface area contributed by atoms with Crippen LogP contribution in [-0.2, 0) is 13.6 Å². The average molecular weight is 323 g/mol. The summed E-state index contributed by atoms with van der Waals surface area (Å²) in [6.45, 7) is 2.19. The molecule has 0 radical (unpaired) electrons. The highest BCUT2D eigenvalue weighted by Gasteiger charge is 2.15. The maximum Gasteiger partial charge on any atom is 0.292 e. The lowest BCUT2D eigenvalue weighted by Gasteiger charge is -2.08. The molecule has 0 aliphatic heterocycles. The molecular weight excluding hydrogens is 306 g/mol. The van der Waals surface area contributed by atoms with Crippen molar-refractivity contribution in [3.8, 4) is 0 Å². The first-order valence-electron chi connectivity index (χ1n) is 7.56. The SMILES string of the molecule is CCn1nc(C(=O)N/N=C/c2cccn2C)c2ccccc2c1=O. The Labute approximate surface area is 138 Å². The summed E-state index contributed by atoms with van der Waals surface area (Å²) in [5, 5.41) is 9.10. The highest BCUT2D eigenvalue weighted by atomic mass is 16.2. The van der Waals surface area contributed by atoms with E-state index in [-0.39, 0.29) is 11.3 Å². The Hall–Kier alpha value is -3.22. The van der Waals surface area contributed by atoms with Crippen LogP contribution >= 0.6 is 0 Å². The molecule has 0 aliphatic rings. The third-order valence-electron chi connectivity index (χ3n) is 3.73. The largest absolute Gasteiger partial charge is 0.350 e. The number of hydrogen-bond acceptors (Lipinski definition) is 4. The van der Waals surface area contributed by atoms with Crippen LogP contribution in [0.4, 0.5) is 0 Å². The Morgan fingerprint density at radius 3 is 2.67 bits per heavy atom. The van der Waals surface area contributed by atoms with E-state index in [0.29, 0.717) is 17.3 Å². The van der Waals surface area contributed by atoms with Gasteiger partial charge in [-0.15, -0.1) is 0 Å². The van der Waals surface area contributed by atoms with Crippen LogP contribution in [0.25, 0.3) is 10.8 Å². The number of carbonyl (C=O) groups is 1. The molecule has 1 N–H and O–H groups in total. The fourth-order valence-electron chi connectivity index (χ4n) is 2.44. The number of hydrazone groups is 1. The number of aromatic nitrogens is 3. The van der Waals surface area contributed by atoms with Crippen molar-refractivity contribution < 1.29 is 4.79 Å². The first-order valence-corrected chi connectivity index (χ1v) is 7.56. The predicted octanol–water partition coefficient (Wildman–Crippen LogP) is 1.52. The van der Waals surface area contributed by atoms with Gasteiger partial charge in [-0.05, 0) is 25.1 Å². The minimum Gasteiger partial charge on any atom is -0.350 e. The van der Waals surface area contributed by atoms with Crippen LogP contribution in [0, 0.1) is 0 Å². The fraction of sp³-hybridized carbons (Fsp3) is 0.176. The van der Waals surface area contributed by atoms with Gasteiger partial charge >= 0.3 is 0 Å². The monoisotopic (exact) mass is 323 g/mol. The van der Waals surface area contributed by atoms with Crippen LogP contribution in [0.3, 0.4) is 0 Å². The van der Waals surface area contributed by atoms with Crippen LogP contribution in [0.1, 0.15) is 23.1 Å². The van der Waals surface area contributed by atoms with Gasteiger partial charge < -0.3 is 4.57 Å². The first-order chi connectivity index (χ1) is 11.6. The van der Waals surface area contributed by atoms with Crippen molar-refractivity contribution >= 4 is 22.9 Å². The van der Waals surface area contributed by atoms with Gasteiger partial charge in [-0.1, -0.05) is 18.2 Å². The third-order valence-corrected chi connectivity index (χ3v) is 3.73. The summed E-state index contributed by atoms with van der Waals surface area (Å²) in [4.78, 5) is 24.7. The molecular formula is C17H17N5O2. The van der Waals surface area contributed by atoms with E-state index < -0.39 is 5.91 Å². The Balaban J connectivity index is 1.95. The molecule has 122 valence electrons. The molecule has 0 aliphatic carbocycles. The van der Waals surface area contributed by atoms with E-state index in [4.69, 9.17) is 0 Å². The van der Waals surface area contributed by atoms with E-state index in [1.165, 1.54) is 4.68 Å². The molecule has 1 amide bonds. The lowest BCUT2D eigenvalue weighted by atomic mass is 10.1. The highest BCUT2D eigenvalue weighted by molar-refractivity contribution is 6.04. The van der Waals surface area contributed by atoms with Gasteiger partial charge in [0, 0.05) is 25.2 Å². The number of nitrogens with zero attached hydrogens (tertiary/aromatic N) is 4.